The fraction of sp³-hybridized carbons (Fsp3) is 0.200. The Morgan fingerprint density at radius 2 is 2.20 bits per heavy atom. The van der Waals surface area contributed by atoms with Crippen LogP contribution in [0.15, 0.2) is 39.7 Å². The maximum atomic E-state index is 12.2. The minimum atomic E-state index is -0.0256. The molecule has 1 fully saturated rings. The van der Waals surface area contributed by atoms with E-state index in [2.05, 4.69) is 0 Å². The van der Waals surface area contributed by atoms with Gasteiger partial charge >= 0.3 is 0 Å². The second kappa shape index (κ2) is 5.42. The smallest absolute Gasteiger partial charge is 0.266 e. The van der Waals surface area contributed by atoms with Crippen molar-refractivity contribution in [2.45, 2.75) is 13.3 Å². The second-order valence-electron chi connectivity index (χ2n) is 4.52. The Morgan fingerprint density at radius 1 is 1.40 bits per heavy atom. The number of nitrogens with zero attached hydrogens (tertiary/aromatic N) is 1. The Hall–Kier alpha value is -1.59. The van der Waals surface area contributed by atoms with Crippen LogP contribution in [-0.2, 0) is 4.79 Å². The molecule has 0 spiro atoms. The fourth-order valence-corrected chi connectivity index (χ4v) is 3.41. The molecule has 3 rings (SSSR count). The number of benzene rings is 1. The molecule has 0 radical (unpaired) electrons. The van der Waals surface area contributed by atoms with Crippen molar-refractivity contribution in [3.05, 3.63) is 41.0 Å². The second-order valence-corrected chi connectivity index (χ2v) is 6.20. The van der Waals surface area contributed by atoms with E-state index in [4.69, 9.17) is 16.6 Å². The van der Waals surface area contributed by atoms with Crippen LogP contribution >= 0.6 is 24.0 Å². The normalized spacial score (nSPS) is 17.6. The average Bonchev–Trinajstić information content (AvgIpc) is 2.95. The first-order valence-electron chi connectivity index (χ1n) is 6.43. The van der Waals surface area contributed by atoms with Gasteiger partial charge in [0.1, 0.15) is 15.7 Å². The van der Waals surface area contributed by atoms with E-state index in [-0.39, 0.29) is 5.91 Å². The number of thiocarbonyl (C=S) groups is 1. The molecule has 1 saturated heterocycles. The molecule has 1 amide bonds. The van der Waals surface area contributed by atoms with E-state index < -0.39 is 0 Å². The Kier molecular flexibility index (Phi) is 3.63. The molecule has 102 valence electrons. The predicted octanol–water partition coefficient (Wildman–Crippen LogP) is 4.04. The summed E-state index contributed by atoms with van der Waals surface area (Å²) >= 11 is 6.57. The van der Waals surface area contributed by atoms with Gasteiger partial charge in [-0.15, -0.1) is 0 Å². The van der Waals surface area contributed by atoms with Crippen molar-refractivity contribution in [1.82, 2.24) is 4.90 Å². The summed E-state index contributed by atoms with van der Waals surface area (Å²) in [5, 5.41) is 1.03. The van der Waals surface area contributed by atoms with Gasteiger partial charge in [-0.1, -0.05) is 49.1 Å². The molecule has 1 aliphatic heterocycles. The molecular formula is C15H13NO2S2. The zero-order valence-corrected chi connectivity index (χ0v) is 12.6. The summed E-state index contributed by atoms with van der Waals surface area (Å²) in [5.41, 5.74) is 0.822. The van der Waals surface area contributed by atoms with E-state index in [1.807, 2.05) is 37.3 Å². The van der Waals surface area contributed by atoms with Gasteiger partial charge < -0.3 is 4.42 Å². The van der Waals surface area contributed by atoms with E-state index in [1.54, 1.807) is 11.0 Å². The highest BCUT2D eigenvalue weighted by molar-refractivity contribution is 8.26. The maximum Gasteiger partial charge on any atom is 0.266 e. The quantitative estimate of drug-likeness (QED) is 0.633. The van der Waals surface area contributed by atoms with Crippen molar-refractivity contribution < 1.29 is 9.21 Å². The van der Waals surface area contributed by atoms with Gasteiger partial charge in [0, 0.05) is 18.0 Å². The average molecular weight is 303 g/mol. The van der Waals surface area contributed by atoms with Gasteiger partial charge in [-0.05, 0) is 18.6 Å². The lowest BCUT2D eigenvalue weighted by molar-refractivity contribution is -0.122. The molecular weight excluding hydrogens is 290 g/mol. The number of hydrogen-bond donors (Lipinski definition) is 0. The Morgan fingerprint density at radius 3 is 2.95 bits per heavy atom. The van der Waals surface area contributed by atoms with Crippen LogP contribution in [0.25, 0.3) is 17.0 Å². The Bertz CT molecular complexity index is 684. The van der Waals surface area contributed by atoms with Crippen LogP contribution in [0, 0.1) is 0 Å². The van der Waals surface area contributed by atoms with E-state index in [0.717, 1.165) is 17.4 Å². The van der Waals surface area contributed by atoms with Gasteiger partial charge in [0.15, 0.2) is 0 Å². The van der Waals surface area contributed by atoms with E-state index >= 15 is 0 Å². The lowest BCUT2D eigenvalue weighted by Crippen LogP contribution is -2.28. The SMILES string of the molecule is CCCN1C(=O)/C(=C/c2cc3ccccc3o2)SC1=S. The summed E-state index contributed by atoms with van der Waals surface area (Å²) in [7, 11) is 0. The zero-order valence-electron chi connectivity index (χ0n) is 11.0. The maximum absolute atomic E-state index is 12.2. The number of amides is 1. The van der Waals surface area contributed by atoms with Crippen molar-refractivity contribution in [3.63, 3.8) is 0 Å². The molecule has 20 heavy (non-hydrogen) atoms. The minimum Gasteiger partial charge on any atom is -0.457 e. The molecule has 0 saturated carbocycles. The van der Waals surface area contributed by atoms with Crippen molar-refractivity contribution in [1.29, 1.82) is 0 Å². The van der Waals surface area contributed by atoms with Gasteiger partial charge in [-0.2, -0.15) is 0 Å². The van der Waals surface area contributed by atoms with Crippen LogP contribution in [0.4, 0.5) is 0 Å². The molecule has 5 heteroatoms. The minimum absolute atomic E-state index is 0.0256. The highest BCUT2D eigenvalue weighted by Gasteiger charge is 2.31. The zero-order chi connectivity index (χ0) is 14.1. The van der Waals surface area contributed by atoms with Crippen molar-refractivity contribution in [2.24, 2.45) is 0 Å². The highest BCUT2D eigenvalue weighted by Crippen LogP contribution is 2.33. The lowest BCUT2D eigenvalue weighted by Gasteiger charge is -2.11. The third-order valence-corrected chi connectivity index (χ3v) is 4.42. The molecule has 1 aromatic heterocycles. The van der Waals surface area contributed by atoms with E-state index in [1.165, 1.54) is 11.8 Å². The van der Waals surface area contributed by atoms with E-state index in [9.17, 15) is 4.79 Å². The van der Waals surface area contributed by atoms with Gasteiger partial charge in [0.2, 0.25) is 0 Å². The molecule has 3 nitrogen and oxygen atoms in total. The monoisotopic (exact) mass is 303 g/mol. The predicted molar refractivity (Wildman–Crippen MR) is 86.4 cm³/mol. The number of hydrogen-bond acceptors (Lipinski definition) is 4. The van der Waals surface area contributed by atoms with Crippen LogP contribution < -0.4 is 0 Å². The summed E-state index contributed by atoms with van der Waals surface area (Å²) < 4.78 is 6.33. The first-order chi connectivity index (χ1) is 9.69. The molecule has 2 aromatic rings. The number of para-hydroxylation sites is 1. The molecule has 0 atom stereocenters. The van der Waals surface area contributed by atoms with Crippen LogP contribution in [0.5, 0.6) is 0 Å². The highest BCUT2D eigenvalue weighted by atomic mass is 32.2. The van der Waals surface area contributed by atoms with Crippen LogP contribution in [0.2, 0.25) is 0 Å². The summed E-state index contributed by atoms with van der Waals surface area (Å²) in [5.74, 6) is 0.658. The van der Waals surface area contributed by atoms with Crippen molar-refractivity contribution in [2.75, 3.05) is 6.54 Å². The van der Waals surface area contributed by atoms with Gasteiger partial charge in [0.05, 0.1) is 4.91 Å². The number of furan rings is 1. The summed E-state index contributed by atoms with van der Waals surface area (Å²) in [6.07, 6.45) is 2.67. The van der Waals surface area contributed by atoms with Crippen LogP contribution in [-0.4, -0.2) is 21.7 Å². The Balaban J connectivity index is 1.92. The van der Waals surface area contributed by atoms with Crippen molar-refractivity contribution >= 4 is 51.3 Å². The summed E-state index contributed by atoms with van der Waals surface area (Å²) in [6, 6.07) is 9.72. The molecule has 0 N–H and O–H groups in total. The molecule has 2 heterocycles. The number of carbonyl (C=O) groups excluding carboxylic acids is 1. The molecule has 0 aliphatic carbocycles. The van der Waals surface area contributed by atoms with Crippen LogP contribution in [0.1, 0.15) is 19.1 Å². The number of carbonyl (C=O) groups is 1. The summed E-state index contributed by atoms with van der Waals surface area (Å²) in [6.45, 7) is 2.70. The number of thioether (sulfide) groups is 1. The molecule has 0 unspecified atom stereocenters. The first-order valence-corrected chi connectivity index (χ1v) is 7.65. The first kappa shape index (κ1) is 13.4. The van der Waals surface area contributed by atoms with Gasteiger partial charge in [-0.25, -0.2) is 0 Å². The molecule has 0 bridgehead atoms. The topological polar surface area (TPSA) is 33.5 Å². The molecule has 1 aliphatic rings. The summed E-state index contributed by atoms with van der Waals surface area (Å²) in [4.78, 5) is 14.5. The van der Waals surface area contributed by atoms with Crippen molar-refractivity contribution in [3.8, 4) is 0 Å². The standard InChI is InChI=1S/C15H13NO2S2/c1-2-7-16-14(17)13(20-15(16)19)9-11-8-10-5-3-4-6-12(10)18-11/h3-6,8-9H,2,7H2,1H3/b13-9-. The largest absolute Gasteiger partial charge is 0.457 e. The molecule has 1 aromatic carbocycles. The Labute approximate surface area is 126 Å². The third kappa shape index (κ3) is 2.39. The third-order valence-electron chi connectivity index (χ3n) is 3.04. The fourth-order valence-electron chi connectivity index (χ4n) is 2.12. The number of fused-ring (bicyclic) bond motifs is 1. The number of rotatable bonds is 3. The van der Waals surface area contributed by atoms with E-state index in [0.29, 0.717) is 21.5 Å². The van der Waals surface area contributed by atoms with Crippen LogP contribution in [0.3, 0.4) is 0 Å². The van der Waals surface area contributed by atoms with Gasteiger partial charge in [0.25, 0.3) is 5.91 Å². The van der Waals surface area contributed by atoms with Gasteiger partial charge in [-0.3, -0.25) is 9.69 Å². The lowest BCUT2D eigenvalue weighted by atomic mass is 10.2.